The van der Waals surface area contributed by atoms with Crippen LogP contribution in [-0.4, -0.2) is 72.5 Å². The molecule has 1 amide bonds. The van der Waals surface area contributed by atoms with Crippen LogP contribution in [0.2, 0.25) is 0 Å². The Balaban J connectivity index is 1.32. The molecule has 2 aromatic rings. The standard InChI is InChI=1S/C32H43N3O5/c1-3-19-38-32(37)33-27-14-12-26(13-15-27)31-39-29(21-35-18-6-7-28(35)20-34-16-4-5-17-34)23(2)30(40-31)25-10-8-24(22-36)9-11-25/h3,8-15,23,28-31,36H,1,4-7,16-22H2,2H3,(H,33,37)/t23-,28-,29+,30+,31+/m0/s1. The van der Waals surface area contributed by atoms with Crippen molar-refractivity contribution in [2.24, 2.45) is 5.92 Å². The van der Waals surface area contributed by atoms with Crippen LogP contribution in [0, 0.1) is 5.92 Å². The first-order valence-electron chi connectivity index (χ1n) is 14.7. The van der Waals surface area contributed by atoms with Gasteiger partial charge in [0.2, 0.25) is 0 Å². The molecule has 216 valence electrons. The maximum atomic E-state index is 11.9. The largest absolute Gasteiger partial charge is 0.445 e. The fourth-order valence-electron chi connectivity index (χ4n) is 6.18. The van der Waals surface area contributed by atoms with Crippen molar-refractivity contribution in [2.45, 2.75) is 63.8 Å². The number of benzene rings is 2. The lowest BCUT2D eigenvalue weighted by Crippen LogP contribution is -2.48. The van der Waals surface area contributed by atoms with Crippen LogP contribution in [0.4, 0.5) is 10.5 Å². The minimum atomic E-state index is -0.537. The van der Waals surface area contributed by atoms with Gasteiger partial charge in [-0.25, -0.2) is 4.79 Å². The second-order valence-electron chi connectivity index (χ2n) is 11.3. The Morgan fingerprint density at radius 1 is 1.02 bits per heavy atom. The van der Waals surface area contributed by atoms with Crippen LogP contribution in [0.3, 0.4) is 0 Å². The Kier molecular flexibility index (Phi) is 9.88. The van der Waals surface area contributed by atoms with Crippen LogP contribution >= 0.6 is 0 Å². The molecule has 0 radical (unpaired) electrons. The number of hydrogen-bond acceptors (Lipinski definition) is 7. The number of nitrogens with one attached hydrogen (secondary N) is 1. The summed E-state index contributed by atoms with van der Waals surface area (Å²) >= 11 is 0. The third-order valence-electron chi connectivity index (χ3n) is 8.47. The molecule has 3 fully saturated rings. The third kappa shape index (κ3) is 7.11. The summed E-state index contributed by atoms with van der Waals surface area (Å²) in [5.41, 5.74) is 3.50. The molecule has 2 aromatic carbocycles. The first-order valence-corrected chi connectivity index (χ1v) is 14.7. The van der Waals surface area contributed by atoms with E-state index >= 15 is 0 Å². The van der Waals surface area contributed by atoms with E-state index in [1.807, 2.05) is 36.4 Å². The molecule has 8 heteroatoms. The van der Waals surface area contributed by atoms with E-state index in [9.17, 15) is 9.90 Å². The van der Waals surface area contributed by atoms with Crippen LogP contribution in [0.1, 0.15) is 61.7 Å². The molecule has 3 heterocycles. The van der Waals surface area contributed by atoms with E-state index in [0.717, 1.165) is 36.3 Å². The Labute approximate surface area is 237 Å². The molecule has 0 spiro atoms. The summed E-state index contributed by atoms with van der Waals surface area (Å²) in [5.74, 6) is 0.143. The number of ether oxygens (including phenoxy) is 3. The fourth-order valence-corrected chi connectivity index (χ4v) is 6.18. The highest BCUT2D eigenvalue weighted by atomic mass is 16.7. The maximum Gasteiger partial charge on any atom is 0.411 e. The highest BCUT2D eigenvalue weighted by Crippen LogP contribution is 2.42. The zero-order valence-electron chi connectivity index (χ0n) is 23.5. The van der Waals surface area contributed by atoms with Crippen molar-refractivity contribution in [3.8, 4) is 0 Å². The molecule has 0 saturated carbocycles. The number of nitrogens with zero attached hydrogens (tertiary/aromatic N) is 2. The van der Waals surface area contributed by atoms with Gasteiger partial charge in [0.05, 0.1) is 18.8 Å². The van der Waals surface area contributed by atoms with Crippen molar-refractivity contribution in [2.75, 3.05) is 44.6 Å². The van der Waals surface area contributed by atoms with Crippen molar-refractivity contribution in [3.05, 3.63) is 77.9 Å². The zero-order chi connectivity index (χ0) is 27.9. The maximum absolute atomic E-state index is 11.9. The molecule has 0 bridgehead atoms. The number of carbonyl (C=O) groups is 1. The van der Waals surface area contributed by atoms with Crippen molar-refractivity contribution in [3.63, 3.8) is 0 Å². The lowest BCUT2D eigenvalue weighted by molar-refractivity contribution is -0.276. The highest BCUT2D eigenvalue weighted by molar-refractivity contribution is 5.84. The summed E-state index contributed by atoms with van der Waals surface area (Å²) in [6, 6.07) is 16.1. The summed E-state index contributed by atoms with van der Waals surface area (Å²) in [7, 11) is 0. The molecule has 3 saturated heterocycles. The minimum Gasteiger partial charge on any atom is -0.445 e. The van der Waals surface area contributed by atoms with Crippen LogP contribution in [-0.2, 0) is 20.8 Å². The lowest BCUT2D eigenvalue weighted by Gasteiger charge is -2.43. The molecule has 8 nitrogen and oxygen atoms in total. The van der Waals surface area contributed by atoms with Gasteiger partial charge in [-0.05, 0) is 68.6 Å². The number of hydrogen-bond donors (Lipinski definition) is 2. The quantitative estimate of drug-likeness (QED) is 0.391. The van der Waals surface area contributed by atoms with Crippen molar-refractivity contribution >= 4 is 11.8 Å². The molecule has 0 aromatic heterocycles. The lowest BCUT2D eigenvalue weighted by atomic mass is 9.90. The number of aliphatic hydroxyl groups is 1. The topological polar surface area (TPSA) is 83.5 Å². The molecule has 0 aliphatic carbocycles. The van der Waals surface area contributed by atoms with Crippen molar-refractivity contribution < 1.29 is 24.1 Å². The fraction of sp³-hybridized carbons (Fsp3) is 0.531. The van der Waals surface area contributed by atoms with Gasteiger partial charge < -0.3 is 24.2 Å². The Morgan fingerprint density at radius 3 is 2.45 bits per heavy atom. The van der Waals surface area contributed by atoms with Gasteiger partial charge in [0, 0.05) is 36.3 Å². The van der Waals surface area contributed by atoms with Gasteiger partial charge in [-0.3, -0.25) is 10.2 Å². The predicted octanol–water partition coefficient (Wildman–Crippen LogP) is 5.27. The van der Waals surface area contributed by atoms with Crippen LogP contribution in [0.5, 0.6) is 0 Å². The number of carbonyl (C=O) groups excluding carboxylic acids is 1. The predicted molar refractivity (Wildman–Crippen MR) is 155 cm³/mol. The van der Waals surface area contributed by atoms with E-state index in [1.165, 1.54) is 44.8 Å². The number of amides is 1. The third-order valence-corrected chi connectivity index (χ3v) is 8.47. The van der Waals surface area contributed by atoms with Gasteiger partial charge in [0.1, 0.15) is 6.61 Å². The van der Waals surface area contributed by atoms with Crippen LogP contribution < -0.4 is 5.32 Å². The zero-order valence-corrected chi connectivity index (χ0v) is 23.5. The SMILES string of the molecule is C=CCOC(=O)Nc1ccc([C@@H]2O[C@H](CN3CCC[C@H]3CN3CCCC3)[C@H](C)[C@H](c3ccc(CO)cc3)O2)cc1. The molecular weight excluding hydrogens is 506 g/mol. The van der Waals surface area contributed by atoms with Gasteiger partial charge in [-0.15, -0.1) is 0 Å². The molecular formula is C32H43N3O5. The Hall–Kier alpha value is -2.75. The van der Waals surface area contributed by atoms with E-state index in [0.29, 0.717) is 11.7 Å². The molecule has 0 unspecified atom stereocenters. The first kappa shape index (κ1) is 28.8. The normalized spacial score (nSPS) is 27.5. The average Bonchev–Trinajstić information content (AvgIpc) is 3.66. The monoisotopic (exact) mass is 549 g/mol. The van der Waals surface area contributed by atoms with E-state index < -0.39 is 12.4 Å². The van der Waals surface area contributed by atoms with Crippen molar-refractivity contribution in [1.82, 2.24) is 9.80 Å². The Morgan fingerprint density at radius 2 is 1.75 bits per heavy atom. The summed E-state index contributed by atoms with van der Waals surface area (Å²) in [4.78, 5) is 17.2. The minimum absolute atomic E-state index is 0.00729. The van der Waals surface area contributed by atoms with Gasteiger partial charge in [0.15, 0.2) is 6.29 Å². The summed E-state index contributed by atoms with van der Waals surface area (Å²) in [6.07, 6.45) is 5.42. The van der Waals surface area contributed by atoms with E-state index in [4.69, 9.17) is 14.2 Å². The molecule has 3 aliphatic heterocycles. The first-order chi connectivity index (χ1) is 19.5. The smallest absolute Gasteiger partial charge is 0.411 e. The molecule has 40 heavy (non-hydrogen) atoms. The summed E-state index contributed by atoms with van der Waals surface area (Å²) in [5, 5.41) is 12.3. The van der Waals surface area contributed by atoms with Crippen LogP contribution in [0.25, 0.3) is 0 Å². The van der Waals surface area contributed by atoms with Crippen molar-refractivity contribution in [1.29, 1.82) is 0 Å². The number of aliphatic hydroxyl groups excluding tert-OH is 1. The summed E-state index contributed by atoms with van der Waals surface area (Å²) < 4.78 is 18.3. The number of rotatable bonds is 10. The van der Waals surface area contributed by atoms with E-state index in [-0.39, 0.29) is 31.3 Å². The van der Waals surface area contributed by atoms with Gasteiger partial charge in [-0.2, -0.15) is 0 Å². The number of anilines is 1. The van der Waals surface area contributed by atoms with Gasteiger partial charge in [0.25, 0.3) is 0 Å². The average molecular weight is 550 g/mol. The van der Waals surface area contributed by atoms with Crippen LogP contribution in [0.15, 0.2) is 61.2 Å². The van der Waals surface area contributed by atoms with E-state index in [1.54, 1.807) is 0 Å². The second-order valence-corrected chi connectivity index (χ2v) is 11.3. The molecule has 5 rings (SSSR count). The molecule has 5 atom stereocenters. The molecule has 3 aliphatic rings. The Bertz CT molecular complexity index is 1100. The number of likely N-dealkylation sites (tertiary alicyclic amines) is 2. The summed E-state index contributed by atoms with van der Waals surface area (Å²) in [6.45, 7) is 11.5. The highest BCUT2D eigenvalue weighted by Gasteiger charge is 2.40. The van der Waals surface area contributed by atoms with E-state index in [2.05, 4.69) is 40.8 Å². The van der Waals surface area contributed by atoms with Gasteiger partial charge in [-0.1, -0.05) is 56.0 Å². The van der Waals surface area contributed by atoms with Gasteiger partial charge >= 0.3 is 6.09 Å². The second kappa shape index (κ2) is 13.7. The molecule has 2 N–H and O–H groups in total.